The van der Waals surface area contributed by atoms with Crippen molar-refractivity contribution in [1.29, 1.82) is 0 Å². The quantitative estimate of drug-likeness (QED) is 0.742. The standard InChI is InChI=1S/C12H23N3O/c1-10(8-13-2)12(16)15-7-6-14-5-3-4-11(14)9-15/h10-11,13H,3-9H2,1-2H3. The van der Waals surface area contributed by atoms with Crippen LogP contribution < -0.4 is 5.32 Å². The van der Waals surface area contributed by atoms with Gasteiger partial charge >= 0.3 is 0 Å². The Morgan fingerprint density at radius 1 is 1.44 bits per heavy atom. The zero-order chi connectivity index (χ0) is 11.5. The summed E-state index contributed by atoms with van der Waals surface area (Å²) in [6, 6.07) is 0.638. The zero-order valence-corrected chi connectivity index (χ0v) is 10.4. The van der Waals surface area contributed by atoms with Gasteiger partial charge in [0.05, 0.1) is 0 Å². The van der Waals surface area contributed by atoms with Crippen LogP contribution in [0.25, 0.3) is 0 Å². The van der Waals surface area contributed by atoms with Gasteiger partial charge in [-0.1, -0.05) is 6.92 Å². The van der Waals surface area contributed by atoms with Crippen molar-refractivity contribution in [2.45, 2.75) is 25.8 Å². The number of nitrogens with one attached hydrogen (secondary N) is 1. The van der Waals surface area contributed by atoms with Gasteiger partial charge in [0, 0.05) is 38.1 Å². The van der Waals surface area contributed by atoms with E-state index in [1.807, 2.05) is 14.0 Å². The van der Waals surface area contributed by atoms with Crippen LogP contribution in [0.1, 0.15) is 19.8 Å². The predicted molar refractivity (Wildman–Crippen MR) is 64.3 cm³/mol. The van der Waals surface area contributed by atoms with Crippen molar-refractivity contribution in [2.24, 2.45) is 5.92 Å². The van der Waals surface area contributed by atoms with Crippen LogP contribution in [0.5, 0.6) is 0 Å². The highest BCUT2D eigenvalue weighted by Gasteiger charge is 2.33. The van der Waals surface area contributed by atoms with Crippen molar-refractivity contribution >= 4 is 5.91 Å². The Morgan fingerprint density at radius 3 is 3.00 bits per heavy atom. The highest BCUT2D eigenvalue weighted by atomic mass is 16.2. The van der Waals surface area contributed by atoms with Crippen molar-refractivity contribution in [1.82, 2.24) is 15.1 Å². The van der Waals surface area contributed by atoms with Gasteiger partial charge in [-0.25, -0.2) is 0 Å². The second-order valence-electron chi connectivity index (χ2n) is 5.07. The highest BCUT2D eigenvalue weighted by Crippen LogP contribution is 2.22. The Hall–Kier alpha value is -0.610. The molecule has 1 N–H and O–H groups in total. The van der Waals surface area contributed by atoms with Crippen LogP contribution in [0.4, 0.5) is 0 Å². The molecule has 2 rings (SSSR count). The summed E-state index contributed by atoms with van der Waals surface area (Å²) < 4.78 is 0. The van der Waals surface area contributed by atoms with Crippen LogP contribution in [0.3, 0.4) is 0 Å². The van der Waals surface area contributed by atoms with Crippen LogP contribution in [0.15, 0.2) is 0 Å². The van der Waals surface area contributed by atoms with Gasteiger partial charge in [0.2, 0.25) is 5.91 Å². The lowest BCUT2D eigenvalue weighted by Gasteiger charge is -2.38. The van der Waals surface area contributed by atoms with E-state index in [1.165, 1.54) is 19.4 Å². The molecule has 4 nitrogen and oxygen atoms in total. The minimum Gasteiger partial charge on any atom is -0.340 e. The van der Waals surface area contributed by atoms with Gasteiger partial charge in [-0.05, 0) is 26.4 Å². The van der Waals surface area contributed by atoms with Crippen molar-refractivity contribution in [3.05, 3.63) is 0 Å². The number of nitrogens with zero attached hydrogens (tertiary/aromatic N) is 2. The van der Waals surface area contributed by atoms with Gasteiger partial charge in [-0.15, -0.1) is 0 Å². The molecule has 0 aromatic carbocycles. The number of amides is 1. The largest absolute Gasteiger partial charge is 0.340 e. The van der Waals surface area contributed by atoms with Crippen molar-refractivity contribution < 1.29 is 4.79 Å². The molecule has 0 aromatic heterocycles. The Morgan fingerprint density at radius 2 is 2.25 bits per heavy atom. The molecule has 2 aliphatic heterocycles. The van der Waals surface area contributed by atoms with E-state index < -0.39 is 0 Å². The Bertz CT molecular complexity index is 257. The lowest BCUT2D eigenvalue weighted by molar-refractivity contribution is -0.137. The maximum Gasteiger partial charge on any atom is 0.226 e. The van der Waals surface area contributed by atoms with E-state index in [-0.39, 0.29) is 5.92 Å². The molecule has 2 saturated heterocycles. The number of hydrogen-bond acceptors (Lipinski definition) is 3. The molecule has 0 radical (unpaired) electrons. The Labute approximate surface area is 98.0 Å². The maximum absolute atomic E-state index is 12.1. The summed E-state index contributed by atoms with van der Waals surface area (Å²) in [5.41, 5.74) is 0. The SMILES string of the molecule is CNCC(C)C(=O)N1CCN2CCCC2C1. The van der Waals surface area contributed by atoms with Gasteiger partial charge in [0.25, 0.3) is 0 Å². The fourth-order valence-corrected chi connectivity index (χ4v) is 2.90. The van der Waals surface area contributed by atoms with E-state index in [4.69, 9.17) is 0 Å². The van der Waals surface area contributed by atoms with Crippen molar-refractivity contribution in [3.63, 3.8) is 0 Å². The zero-order valence-electron chi connectivity index (χ0n) is 10.4. The summed E-state index contributed by atoms with van der Waals surface area (Å²) in [5, 5.41) is 3.08. The van der Waals surface area contributed by atoms with E-state index in [2.05, 4.69) is 15.1 Å². The summed E-state index contributed by atoms with van der Waals surface area (Å²) in [4.78, 5) is 16.7. The molecule has 0 saturated carbocycles. The lowest BCUT2D eigenvalue weighted by Crippen LogP contribution is -2.53. The normalized spacial score (nSPS) is 27.9. The van der Waals surface area contributed by atoms with Crippen LogP contribution in [-0.2, 0) is 4.79 Å². The summed E-state index contributed by atoms with van der Waals surface area (Å²) >= 11 is 0. The van der Waals surface area contributed by atoms with E-state index >= 15 is 0 Å². The number of fused-ring (bicyclic) bond motifs is 1. The van der Waals surface area contributed by atoms with Crippen LogP contribution in [0.2, 0.25) is 0 Å². The van der Waals surface area contributed by atoms with E-state index in [0.29, 0.717) is 11.9 Å². The maximum atomic E-state index is 12.1. The third-order valence-corrected chi connectivity index (χ3v) is 3.83. The molecule has 4 heteroatoms. The molecule has 2 atom stereocenters. The molecule has 2 heterocycles. The average molecular weight is 225 g/mol. The molecule has 2 fully saturated rings. The molecule has 0 aromatic rings. The van der Waals surface area contributed by atoms with Gasteiger partial charge in [-0.3, -0.25) is 9.69 Å². The molecule has 0 aliphatic carbocycles. The van der Waals surface area contributed by atoms with Crippen LogP contribution in [0, 0.1) is 5.92 Å². The topological polar surface area (TPSA) is 35.6 Å². The number of piperazine rings is 1. The molecule has 1 amide bonds. The summed E-state index contributed by atoms with van der Waals surface area (Å²) in [5.74, 6) is 0.429. The van der Waals surface area contributed by atoms with E-state index in [0.717, 1.165) is 26.2 Å². The smallest absolute Gasteiger partial charge is 0.226 e. The molecular formula is C12H23N3O. The Kier molecular flexibility index (Phi) is 3.82. The minimum absolute atomic E-state index is 0.109. The van der Waals surface area contributed by atoms with Crippen molar-refractivity contribution in [2.75, 3.05) is 39.8 Å². The van der Waals surface area contributed by atoms with Crippen LogP contribution >= 0.6 is 0 Å². The van der Waals surface area contributed by atoms with Gasteiger partial charge in [-0.2, -0.15) is 0 Å². The number of hydrogen-bond donors (Lipinski definition) is 1. The van der Waals surface area contributed by atoms with Gasteiger partial charge < -0.3 is 10.2 Å². The average Bonchev–Trinajstić information content (AvgIpc) is 2.75. The molecular weight excluding hydrogens is 202 g/mol. The van der Waals surface area contributed by atoms with E-state index in [1.54, 1.807) is 0 Å². The van der Waals surface area contributed by atoms with Crippen molar-refractivity contribution in [3.8, 4) is 0 Å². The molecule has 0 bridgehead atoms. The number of carbonyl (C=O) groups excluding carboxylic acids is 1. The summed E-state index contributed by atoms with van der Waals surface area (Å²) in [6.07, 6.45) is 2.57. The number of rotatable bonds is 3. The van der Waals surface area contributed by atoms with Crippen LogP contribution in [-0.4, -0.2) is 61.5 Å². The molecule has 92 valence electrons. The first-order valence-electron chi connectivity index (χ1n) is 6.40. The lowest BCUT2D eigenvalue weighted by atomic mass is 10.1. The first-order chi connectivity index (χ1) is 7.72. The molecule has 0 spiro atoms. The minimum atomic E-state index is 0.109. The molecule has 16 heavy (non-hydrogen) atoms. The first-order valence-corrected chi connectivity index (χ1v) is 6.40. The first kappa shape index (κ1) is 11.9. The van der Waals surface area contributed by atoms with Gasteiger partial charge in [0.1, 0.15) is 0 Å². The monoisotopic (exact) mass is 225 g/mol. The third-order valence-electron chi connectivity index (χ3n) is 3.83. The molecule has 2 unspecified atom stereocenters. The fourth-order valence-electron chi connectivity index (χ4n) is 2.90. The molecule has 2 aliphatic rings. The summed E-state index contributed by atoms with van der Waals surface area (Å²) in [6.45, 7) is 6.97. The fraction of sp³-hybridized carbons (Fsp3) is 0.917. The number of carbonyl (C=O) groups is 1. The van der Waals surface area contributed by atoms with E-state index in [9.17, 15) is 4.79 Å². The highest BCUT2D eigenvalue weighted by molar-refractivity contribution is 5.78. The second-order valence-corrected chi connectivity index (χ2v) is 5.07. The second kappa shape index (κ2) is 5.15. The third kappa shape index (κ3) is 2.38. The van der Waals surface area contributed by atoms with Gasteiger partial charge in [0.15, 0.2) is 0 Å². The summed E-state index contributed by atoms with van der Waals surface area (Å²) in [7, 11) is 1.90. The predicted octanol–water partition coefficient (Wildman–Crippen LogP) is 0.149. The Balaban J connectivity index is 1.88.